The van der Waals surface area contributed by atoms with Crippen molar-refractivity contribution in [2.24, 2.45) is 0 Å². The molecule has 1 heterocycles. The van der Waals surface area contributed by atoms with Crippen molar-refractivity contribution in [2.45, 2.75) is 19.6 Å². The topological polar surface area (TPSA) is 73.3 Å². The summed E-state index contributed by atoms with van der Waals surface area (Å²) in [4.78, 5) is 19.3. The summed E-state index contributed by atoms with van der Waals surface area (Å²) in [7, 11) is 2.86. The fourth-order valence-corrected chi connectivity index (χ4v) is 1.39. The summed E-state index contributed by atoms with van der Waals surface area (Å²) in [5.41, 5.74) is 0. The summed E-state index contributed by atoms with van der Waals surface area (Å²) in [6, 6.07) is 1.02. The quantitative estimate of drug-likeness (QED) is 0.634. The molecule has 0 saturated heterocycles. The van der Waals surface area contributed by atoms with Gasteiger partial charge in [0.2, 0.25) is 0 Å². The molecule has 94 valence electrons. The van der Waals surface area contributed by atoms with E-state index >= 15 is 0 Å². The van der Waals surface area contributed by atoms with Gasteiger partial charge < -0.3 is 14.8 Å². The highest BCUT2D eigenvalue weighted by molar-refractivity contribution is 6.29. The van der Waals surface area contributed by atoms with E-state index in [0.717, 1.165) is 0 Å². The van der Waals surface area contributed by atoms with Gasteiger partial charge in [-0.25, -0.2) is 14.8 Å². The Bertz CT molecular complexity index is 400. The average molecular weight is 260 g/mol. The Morgan fingerprint density at radius 1 is 1.53 bits per heavy atom. The van der Waals surface area contributed by atoms with Crippen LogP contribution in [0.2, 0.25) is 5.15 Å². The maximum atomic E-state index is 11.2. The van der Waals surface area contributed by atoms with E-state index in [1.54, 1.807) is 6.92 Å². The summed E-state index contributed by atoms with van der Waals surface area (Å²) in [6.07, 6.45) is 0. The number of esters is 1. The van der Waals surface area contributed by atoms with Gasteiger partial charge in [0.25, 0.3) is 0 Å². The van der Waals surface area contributed by atoms with Crippen LogP contribution in [0.25, 0.3) is 0 Å². The highest BCUT2D eigenvalue weighted by Gasteiger charge is 2.14. The molecule has 0 spiro atoms. The highest BCUT2D eigenvalue weighted by atomic mass is 35.5. The zero-order valence-electron chi connectivity index (χ0n) is 9.86. The maximum absolute atomic E-state index is 11.2. The average Bonchev–Trinajstić information content (AvgIpc) is 2.27. The van der Waals surface area contributed by atoms with Gasteiger partial charge in [0, 0.05) is 13.2 Å². The molecule has 1 aromatic rings. The molecule has 1 N–H and O–H groups in total. The van der Waals surface area contributed by atoms with Gasteiger partial charge in [-0.3, -0.25) is 0 Å². The smallest absolute Gasteiger partial charge is 0.328 e. The number of nitrogens with zero attached hydrogens (tertiary/aromatic N) is 2. The minimum absolute atomic E-state index is 0.252. The largest absolute Gasteiger partial charge is 0.467 e. The van der Waals surface area contributed by atoms with Crippen molar-refractivity contribution in [3.8, 4) is 0 Å². The molecule has 0 radical (unpaired) electrons. The maximum Gasteiger partial charge on any atom is 0.328 e. The molecule has 0 amide bonds. The molecule has 0 aliphatic carbocycles. The standard InChI is InChI=1S/C10H14ClN3O3/c1-6(10(15)17-3)12-8-4-7(11)13-9(14-8)5-16-2/h4,6H,5H2,1-3H3,(H,12,13,14). The van der Waals surface area contributed by atoms with Crippen molar-refractivity contribution in [2.75, 3.05) is 19.5 Å². The molecule has 0 saturated carbocycles. The van der Waals surface area contributed by atoms with Crippen LogP contribution < -0.4 is 5.32 Å². The van der Waals surface area contributed by atoms with E-state index in [1.807, 2.05) is 0 Å². The monoisotopic (exact) mass is 259 g/mol. The number of halogens is 1. The van der Waals surface area contributed by atoms with Crippen molar-refractivity contribution in [1.82, 2.24) is 9.97 Å². The van der Waals surface area contributed by atoms with Gasteiger partial charge >= 0.3 is 5.97 Å². The van der Waals surface area contributed by atoms with Crippen molar-refractivity contribution < 1.29 is 14.3 Å². The minimum Gasteiger partial charge on any atom is -0.467 e. The first kappa shape index (κ1) is 13.7. The molecule has 0 fully saturated rings. The molecule has 0 bridgehead atoms. The van der Waals surface area contributed by atoms with Crippen LogP contribution >= 0.6 is 11.6 Å². The molecule has 0 aliphatic heterocycles. The van der Waals surface area contributed by atoms with Gasteiger partial charge in [-0.15, -0.1) is 0 Å². The first-order chi connectivity index (χ1) is 8.06. The van der Waals surface area contributed by atoms with E-state index in [0.29, 0.717) is 11.6 Å². The SMILES string of the molecule is COCc1nc(Cl)cc(NC(C)C(=O)OC)n1. The lowest BCUT2D eigenvalue weighted by molar-refractivity contribution is -0.141. The second-order valence-corrected chi connectivity index (χ2v) is 3.70. The molecular formula is C10H14ClN3O3. The lowest BCUT2D eigenvalue weighted by atomic mass is 10.3. The van der Waals surface area contributed by atoms with Crippen LogP contribution in [0, 0.1) is 0 Å². The first-order valence-electron chi connectivity index (χ1n) is 4.93. The van der Waals surface area contributed by atoms with Crippen LogP contribution in [-0.2, 0) is 20.9 Å². The number of aromatic nitrogens is 2. The molecule has 7 heteroatoms. The number of methoxy groups -OCH3 is 2. The molecule has 1 unspecified atom stereocenters. The van der Waals surface area contributed by atoms with Crippen molar-refractivity contribution in [3.63, 3.8) is 0 Å². The third kappa shape index (κ3) is 4.16. The lowest BCUT2D eigenvalue weighted by Gasteiger charge is -2.12. The first-order valence-corrected chi connectivity index (χ1v) is 5.31. The predicted octanol–water partition coefficient (Wildman–Crippen LogP) is 1.25. The Morgan fingerprint density at radius 3 is 2.82 bits per heavy atom. The number of anilines is 1. The van der Waals surface area contributed by atoms with Crippen LogP contribution in [0.3, 0.4) is 0 Å². The molecule has 1 atom stereocenters. The van der Waals surface area contributed by atoms with Crippen molar-refractivity contribution in [1.29, 1.82) is 0 Å². The summed E-state index contributed by atoms with van der Waals surface area (Å²) in [5, 5.41) is 3.15. The molecular weight excluding hydrogens is 246 g/mol. The third-order valence-corrected chi connectivity index (χ3v) is 2.13. The van der Waals surface area contributed by atoms with Crippen LogP contribution in [0.4, 0.5) is 5.82 Å². The number of ether oxygens (including phenoxy) is 2. The number of hydrogen-bond acceptors (Lipinski definition) is 6. The van der Waals surface area contributed by atoms with Gasteiger partial charge in [-0.05, 0) is 6.92 Å². The summed E-state index contributed by atoms with van der Waals surface area (Å²) in [5.74, 6) is 0.516. The number of nitrogens with one attached hydrogen (secondary N) is 1. The molecule has 6 nitrogen and oxygen atoms in total. The number of hydrogen-bond donors (Lipinski definition) is 1. The van der Waals surface area contributed by atoms with E-state index < -0.39 is 6.04 Å². The minimum atomic E-state index is -0.513. The summed E-state index contributed by atoms with van der Waals surface area (Å²) >= 11 is 5.82. The van der Waals surface area contributed by atoms with Crippen molar-refractivity contribution in [3.05, 3.63) is 17.0 Å². The molecule has 17 heavy (non-hydrogen) atoms. The fourth-order valence-electron chi connectivity index (χ4n) is 1.19. The number of carbonyl (C=O) groups is 1. The molecule has 1 rings (SSSR count). The van der Waals surface area contributed by atoms with Crippen LogP contribution in [-0.4, -0.2) is 36.2 Å². The van der Waals surface area contributed by atoms with Crippen molar-refractivity contribution >= 4 is 23.4 Å². The Kier molecular flexibility index (Phi) is 5.11. The van der Waals surface area contributed by atoms with Crippen LogP contribution in [0.15, 0.2) is 6.07 Å². The van der Waals surface area contributed by atoms with E-state index in [9.17, 15) is 4.79 Å². The fraction of sp³-hybridized carbons (Fsp3) is 0.500. The highest BCUT2D eigenvalue weighted by Crippen LogP contribution is 2.13. The molecule has 0 aromatic carbocycles. The zero-order valence-corrected chi connectivity index (χ0v) is 10.6. The van der Waals surface area contributed by atoms with Gasteiger partial charge in [-0.1, -0.05) is 11.6 Å². The van der Waals surface area contributed by atoms with Crippen LogP contribution in [0.5, 0.6) is 0 Å². The second-order valence-electron chi connectivity index (χ2n) is 3.31. The zero-order chi connectivity index (χ0) is 12.8. The van der Waals surface area contributed by atoms with E-state index in [2.05, 4.69) is 20.0 Å². The predicted molar refractivity (Wildman–Crippen MR) is 62.9 cm³/mol. The van der Waals surface area contributed by atoms with E-state index in [1.165, 1.54) is 20.3 Å². The van der Waals surface area contributed by atoms with Gasteiger partial charge in [0.1, 0.15) is 23.6 Å². The van der Waals surface area contributed by atoms with Crippen LogP contribution in [0.1, 0.15) is 12.7 Å². The normalized spacial score (nSPS) is 12.0. The molecule has 1 aromatic heterocycles. The summed E-state index contributed by atoms with van der Waals surface area (Å²) < 4.78 is 9.50. The second kappa shape index (κ2) is 6.36. The Hall–Kier alpha value is -1.40. The Morgan fingerprint density at radius 2 is 2.24 bits per heavy atom. The number of carbonyl (C=O) groups excluding carboxylic acids is 1. The Balaban J connectivity index is 2.80. The molecule has 0 aliphatic rings. The van der Waals surface area contributed by atoms with Gasteiger partial charge in [0.15, 0.2) is 5.82 Å². The van der Waals surface area contributed by atoms with E-state index in [4.69, 9.17) is 16.3 Å². The lowest BCUT2D eigenvalue weighted by Crippen LogP contribution is -2.27. The van der Waals surface area contributed by atoms with E-state index in [-0.39, 0.29) is 17.7 Å². The summed E-state index contributed by atoms with van der Waals surface area (Å²) in [6.45, 7) is 1.92. The third-order valence-electron chi connectivity index (χ3n) is 1.93. The van der Waals surface area contributed by atoms with Gasteiger partial charge in [0.05, 0.1) is 7.11 Å². The Labute approximate surface area is 104 Å². The van der Waals surface area contributed by atoms with Gasteiger partial charge in [-0.2, -0.15) is 0 Å². The number of rotatable bonds is 5.